The van der Waals surface area contributed by atoms with Crippen molar-refractivity contribution in [3.63, 3.8) is 0 Å². The maximum Gasteiger partial charge on any atom is 0.354 e. The molecule has 2 aromatic carbocycles. The molecule has 1 atom stereocenters. The third-order valence-corrected chi connectivity index (χ3v) is 6.62. The standard InChI is InChI=1S/C26H24N2O8/c1-33-12-11-27-24(31)19-5-3-4-6-20(19)28-22(29)9-10-26(27,28)25(32)35-15-16-13-23(30)36-21-14-17(34-2)7-8-18(16)21/h3-8,13-14H,9-12,15H2,1-2H3/t26-/m1/s1. The molecule has 2 amide bonds. The minimum Gasteiger partial charge on any atom is -0.497 e. The second-order valence-corrected chi connectivity index (χ2v) is 8.54. The molecule has 1 aromatic heterocycles. The first kappa shape index (κ1) is 23.6. The highest BCUT2D eigenvalue weighted by atomic mass is 16.5. The molecule has 0 N–H and O–H groups in total. The Labute approximate surface area is 205 Å². The number of anilines is 1. The van der Waals surface area contributed by atoms with Gasteiger partial charge in [0, 0.05) is 49.6 Å². The van der Waals surface area contributed by atoms with Crippen LogP contribution in [0, 0.1) is 0 Å². The van der Waals surface area contributed by atoms with Crippen molar-refractivity contribution >= 4 is 34.4 Å². The second-order valence-electron chi connectivity index (χ2n) is 8.54. The van der Waals surface area contributed by atoms with Gasteiger partial charge < -0.3 is 23.5 Å². The minimum atomic E-state index is -1.65. The zero-order valence-electron chi connectivity index (χ0n) is 19.8. The number of rotatable bonds is 7. The number of esters is 1. The van der Waals surface area contributed by atoms with Crippen molar-refractivity contribution in [1.82, 2.24) is 4.90 Å². The van der Waals surface area contributed by atoms with E-state index >= 15 is 0 Å². The number of hydrogen-bond donors (Lipinski definition) is 0. The molecule has 0 bridgehead atoms. The van der Waals surface area contributed by atoms with Crippen molar-refractivity contribution in [2.75, 3.05) is 32.3 Å². The van der Waals surface area contributed by atoms with Gasteiger partial charge in [-0.05, 0) is 24.3 Å². The van der Waals surface area contributed by atoms with Gasteiger partial charge in [0.2, 0.25) is 11.6 Å². The molecule has 0 radical (unpaired) electrons. The number of fused-ring (bicyclic) bond motifs is 4. The van der Waals surface area contributed by atoms with Crippen molar-refractivity contribution in [3.8, 4) is 5.75 Å². The number of carbonyl (C=O) groups is 3. The van der Waals surface area contributed by atoms with Gasteiger partial charge >= 0.3 is 11.6 Å². The van der Waals surface area contributed by atoms with Crippen molar-refractivity contribution in [2.24, 2.45) is 0 Å². The lowest BCUT2D eigenvalue weighted by Crippen LogP contribution is -2.68. The van der Waals surface area contributed by atoms with E-state index < -0.39 is 17.3 Å². The zero-order valence-corrected chi connectivity index (χ0v) is 19.8. The highest BCUT2D eigenvalue weighted by molar-refractivity contribution is 6.15. The van der Waals surface area contributed by atoms with Gasteiger partial charge in [-0.15, -0.1) is 0 Å². The first-order valence-electron chi connectivity index (χ1n) is 11.4. The highest BCUT2D eigenvalue weighted by Gasteiger charge is 2.61. The van der Waals surface area contributed by atoms with E-state index in [1.54, 1.807) is 42.5 Å². The summed E-state index contributed by atoms with van der Waals surface area (Å²) in [7, 11) is 2.99. The summed E-state index contributed by atoms with van der Waals surface area (Å²) in [5, 5.41) is 0.571. The van der Waals surface area contributed by atoms with Crippen LogP contribution in [0.5, 0.6) is 5.75 Å². The van der Waals surface area contributed by atoms with Crippen molar-refractivity contribution < 1.29 is 33.0 Å². The molecule has 0 spiro atoms. The highest BCUT2D eigenvalue weighted by Crippen LogP contribution is 2.45. The average molecular weight is 492 g/mol. The van der Waals surface area contributed by atoms with Crippen LogP contribution in [-0.4, -0.2) is 55.7 Å². The summed E-state index contributed by atoms with van der Waals surface area (Å²) >= 11 is 0. The summed E-state index contributed by atoms with van der Waals surface area (Å²) < 4.78 is 21.4. The predicted molar refractivity (Wildman–Crippen MR) is 128 cm³/mol. The van der Waals surface area contributed by atoms with Crippen molar-refractivity contribution in [3.05, 3.63) is 70.1 Å². The van der Waals surface area contributed by atoms with Crippen LogP contribution >= 0.6 is 0 Å². The summed E-state index contributed by atoms with van der Waals surface area (Å²) in [5.41, 5.74) is -0.857. The molecule has 10 nitrogen and oxygen atoms in total. The molecule has 0 unspecified atom stereocenters. The molecule has 3 aromatic rings. The van der Waals surface area contributed by atoms with E-state index in [0.29, 0.717) is 28.0 Å². The van der Waals surface area contributed by atoms with Crippen LogP contribution in [0.4, 0.5) is 5.69 Å². The molecular formula is C26H24N2O8. The fourth-order valence-electron chi connectivity index (χ4n) is 4.95. The number of benzene rings is 2. The minimum absolute atomic E-state index is 0.0673. The van der Waals surface area contributed by atoms with Crippen LogP contribution in [0.3, 0.4) is 0 Å². The Morgan fingerprint density at radius 1 is 1.08 bits per heavy atom. The van der Waals surface area contributed by atoms with Gasteiger partial charge in [0.15, 0.2) is 0 Å². The fourth-order valence-corrected chi connectivity index (χ4v) is 4.95. The topological polar surface area (TPSA) is 116 Å². The van der Waals surface area contributed by atoms with Crippen molar-refractivity contribution in [1.29, 1.82) is 0 Å². The van der Waals surface area contributed by atoms with E-state index in [1.165, 1.54) is 30.1 Å². The van der Waals surface area contributed by atoms with E-state index in [-0.39, 0.29) is 50.0 Å². The predicted octanol–water partition coefficient (Wildman–Crippen LogP) is 2.47. The second kappa shape index (κ2) is 9.12. The van der Waals surface area contributed by atoms with Crippen LogP contribution in [0.15, 0.2) is 57.7 Å². The Kier molecular flexibility index (Phi) is 5.97. The van der Waals surface area contributed by atoms with Crippen LogP contribution in [-0.2, 0) is 25.7 Å². The van der Waals surface area contributed by atoms with Gasteiger partial charge in [-0.25, -0.2) is 9.59 Å². The molecule has 2 aliphatic heterocycles. The Morgan fingerprint density at radius 2 is 1.89 bits per heavy atom. The summed E-state index contributed by atoms with van der Waals surface area (Å²) in [4.78, 5) is 55.2. The van der Waals surface area contributed by atoms with Gasteiger partial charge in [0.05, 0.1) is 25.0 Å². The summed E-state index contributed by atoms with van der Waals surface area (Å²) in [6.45, 7) is -0.0115. The zero-order chi connectivity index (χ0) is 25.4. The summed E-state index contributed by atoms with van der Waals surface area (Å²) in [6.07, 6.45) is 0.140. The largest absolute Gasteiger partial charge is 0.497 e. The molecule has 2 aliphatic rings. The molecule has 0 aliphatic carbocycles. The number of ether oxygens (including phenoxy) is 3. The number of para-hydroxylation sites is 1. The fraction of sp³-hybridized carbons (Fsp3) is 0.308. The third-order valence-electron chi connectivity index (χ3n) is 6.62. The average Bonchev–Trinajstić information content (AvgIpc) is 3.24. The SMILES string of the molecule is COCCN1C(=O)c2ccccc2N2C(=O)CC[C@@]12C(=O)OCc1cc(=O)oc2cc(OC)ccc12. The summed E-state index contributed by atoms with van der Waals surface area (Å²) in [6, 6.07) is 12.9. The Balaban J connectivity index is 1.53. The molecule has 5 rings (SSSR count). The van der Waals surface area contributed by atoms with Crippen molar-refractivity contribution in [2.45, 2.75) is 25.1 Å². The molecule has 10 heteroatoms. The molecule has 1 saturated heterocycles. The van der Waals surface area contributed by atoms with Gasteiger partial charge in [-0.2, -0.15) is 0 Å². The Hall–Kier alpha value is -4.18. The molecule has 0 saturated carbocycles. The third kappa shape index (κ3) is 3.61. The number of nitrogens with zero attached hydrogens (tertiary/aromatic N) is 2. The molecule has 186 valence electrons. The molecule has 1 fully saturated rings. The number of carbonyl (C=O) groups excluding carboxylic acids is 3. The van der Waals surface area contributed by atoms with Gasteiger partial charge in [0.25, 0.3) is 5.91 Å². The number of amides is 2. The van der Waals surface area contributed by atoms with E-state index in [0.717, 1.165) is 0 Å². The summed E-state index contributed by atoms with van der Waals surface area (Å²) in [5.74, 6) is -0.926. The van der Waals surface area contributed by atoms with E-state index in [1.807, 2.05) is 0 Å². The van der Waals surface area contributed by atoms with Crippen LogP contribution < -0.4 is 15.3 Å². The maximum atomic E-state index is 13.8. The maximum absolute atomic E-state index is 13.8. The first-order valence-corrected chi connectivity index (χ1v) is 11.4. The lowest BCUT2D eigenvalue weighted by Gasteiger charge is -2.48. The number of hydrogen-bond acceptors (Lipinski definition) is 8. The number of methoxy groups -OCH3 is 2. The van der Waals surface area contributed by atoms with Crippen LogP contribution in [0.25, 0.3) is 11.0 Å². The van der Waals surface area contributed by atoms with Crippen LogP contribution in [0.1, 0.15) is 28.8 Å². The van der Waals surface area contributed by atoms with Gasteiger partial charge in [-0.1, -0.05) is 12.1 Å². The lowest BCUT2D eigenvalue weighted by atomic mass is 9.96. The smallest absolute Gasteiger partial charge is 0.354 e. The van der Waals surface area contributed by atoms with Gasteiger partial charge in [-0.3, -0.25) is 14.5 Å². The quantitative estimate of drug-likeness (QED) is 0.365. The molecule has 36 heavy (non-hydrogen) atoms. The van der Waals surface area contributed by atoms with E-state index in [2.05, 4.69) is 0 Å². The Bertz CT molecular complexity index is 1430. The monoisotopic (exact) mass is 492 g/mol. The lowest BCUT2D eigenvalue weighted by molar-refractivity contribution is -0.159. The van der Waals surface area contributed by atoms with E-state index in [4.69, 9.17) is 18.6 Å². The molecule has 3 heterocycles. The van der Waals surface area contributed by atoms with Crippen LogP contribution in [0.2, 0.25) is 0 Å². The van der Waals surface area contributed by atoms with Gasteiger partial charge in [0.1, 0.15) is 17.9 Å². The molecular weight excluding hydrogens is 468 g/mol. The first-order chi connectivity index (χ1) is 17.4. The van der Waals surface area contributed by atoms with E-state index in [9.17, 15) is 19.2 Å². The normalized spacial score (nSPS) is 18.8. The Morgan fingerprint density at radius 3 is 2.67 bits per heavy atom.